The number of carbonyl (C=O) groups excluding carboxylic acids is 1. The maximum atomic E-state index is 12.1. The Morgan fingerprint density at radius 2 is 2.36 bits per heavy atom. The van der Waals surface area contributed by atoms with Crippen molar-refractivity contribution < 1.29 is 13.6 Å². The summed E-state index contributed by atoms with van der Waals surface area (Å²) in [6.07, 6.45) is 5.05. The Balaban J connectivity index is 1.67. The molecule has 0 aromatic carbocycles. The predicted octanol–water partition coefficient (Wildman–Crippen LogP) is 2.39. The van der Waals surface area contributed by atoms with Crippen LogP contribution in [0.3, 0.4) is 0 Å². The van der Waals surface area contributed by atoms with Gasteiger partial charge in [0.25, 0.3) is 5.89 Å². The standard InChI is InChI=1S/C15H16N4O3/c1-9(14-16-5-6-17-14)18-13(20)8-11-10(2)22-15(19-11)12-4-3-7-21-12/h3-7,9H,8H2,1-2H3,(H,16,17)(H,18,20)/t9-/m1/s1. The molecule has 3 rings (SSSR count). The van der Waals surface area contributed by atoms with Crippen LogP contribution in [-0.2, 0) is 11.2 Å². The highest BCUT2D eigenvalue weighted by molar-refractivity contribution is 5.78. The molecule has 0 bridgehead atoms. The van der Waals surface area contributed by atoms with Crippen LogP contribution in [-0.4, -0.2) is 20.9 Å². The summed E-state index contributed by atoms with van der Waals surface area (Å²) in [4.78, 5) is 23.5. The lowest BCUT2D eigenvalue weighted by Crippen LogP contribution is -2.29. The molecule has 1 amide bonds. The van der Waals surface area contributed by atoms with Gasteiger partial charge in [-0.15, -0.1) is 0 Å². The first kappa shape index (κ1) is 14.1. The molecule has 3 aromatic rings. The van der Waals surface area contributed by atoms with Gasteiger partial charge >= 0.3 is 0 Å². The number of aromatic amines is 1. The molecule has 3 heterocycles. The number of amides is 1. The van der Waals surface area contributed by atoms with Crippen LogP contribution < -0.4 is 5.32 Å². The number of rotatable bonds is 5. The average Bonchev–Trinajstić information content (AvgIpc) is 3.19. The minimum Gasteiger partial charge on any atom is -0.459 e. The lowest BCUT2D eigenvalue weighted by Gasteiger charge is -2.10. The first-order chi connectivity index (χ1) is 10.6. The van der Waals surface area contributed by atoms with Crippen molar-refractivity contribution in [3.05, 3.63) is 48.1 Å². The maximum absolute atomic E-state index is 12.1. The van der Waals surface area contributed by atoms with Crippen molar-refractivity contribution in [3.8, 4) is 11.7 Å². The second kappa shape index (κ2) is 5.88. The Bertz CT molecular complexity index is 744. The SMILES string of the molecule is Cc1oc(-c2ccco2)nc1CC(=O)N[C@H](C)c1ncc[nH]1. The number of oxazole rings is 1. The highest BCUT2D eigenvalue weighted by Crippen LogP contribution is 2.22. The highest BCUT2D eigenvalue weighted by Gasteiger charge is 2.18. The van der Waals surface area contributed by atoms with Crippen molar-refractivity contribution in [2.24, 2.45) is 0 Å². The number of imidazole rings is 1. The lowest BCUT2D eigenvalue weighted by atomic mass is 10.2. The molecule has 0 aliphatic rings. The van der Waals surface area contributed by atoms with Gasteiger partial charge in [-0.2, -0.15) is 0 Å². The fourth-order valence-electron chi connectivity index (χ4n) is 2.12. The van der Waals surface area contributed by atoms with Gasteiger partial charge in [-0.05, 0) is 26.0 Å². The minimum atomic E-state index is -0.195. The molecule has 0 spiro atoms. The quantitative estimate of drug-likeness (QED) is 0.754. The number of nitrogens with zero attached hydrogens (tertiary/aromatic N) is 2. The molecule has 1 atom stereocenters. The monoisotopic (exact) mass is 300 g/mol. The maximum Gasteiger partial charge on any atom is 0.263 e. The third-order valence-electron chi connectivity index (χ3n) is 3.26. The Labute approximate surface area is 126 Å². The van der Waals surface area contributed by atoms with Crippen LogP contribution in [0.1, 0.15) is 30.2 Å². The van der Waals surface area contributed by atoms with E-state index < -0.39 is 0 Å². The van der Waals surface area contributed by atoms with Crippen molar-refractivity contribution in [1.82, 2.24) is 20.3 Å². The van der Waals surface area contributed by atoms with E-state index in [4.69, 9.17) is 8.83 Å². The van der Waals surface area contributed by atoms with Gasteiger partial charge in [-0.25, -0.2) is 9.97 Å². The van der Waals surface area contributed by atoms with E-state index in [9.17, 15) is 4.79 Å². The van der Waals surface area contributed by atoms with Gasteiger partial charge in [0.1, 0.15) is 11.6 Å². The van der Waals surface area contributed by atoms with Crippen molar-refractivity contribution in [2.75, 3.05) is 0 Å². The molecule has 3 aromatic heterocycles. The minimum absolute atomic E-state index is 0.140. The van der Waals surface area contributed by atoms with E-state index in [2.05, 4.69) is 20.3 Å². The normalized spacial score (nSPS) is 12.3. The lowest BCUT2D eigenvalue weighted by molar-refractivity contribution is -0.121. The molecule has 0 aliphatic carbocycles. The molecular weight excluding hydrogens is 284 g/mol. The number of H-pyrrole nitrogens is 1. The average molecular weight is 300 g/mol. The van der Waals surface area contributed by atoms with Gasteiger partial charge in [0.2, 0.25) is 5.91 Å². The molecule has 0 aliphatic heterocycles. The predicted molar refractivity (Wildman–Crippen MR) is 77.8 cm³/mol. The van der Waals surface area contributed by atoms with Gasteiger partial charge in [0.05, 0.1) is 24.4 Å². The van der Waals surface area contributed by atoms with Crippen LogP contribution in [0.15, 0.2) is 39.6 Å². The largest absolute Gasteiger partial charge is 0.459 e. The molecule has 0 saturated heterocycles. The Kier molecular flexibility index (Phi) is 3.78. The summed E-state index contributed by atoms with van der Waals surface area (Å²) in [5.74, 6) is 2.09. The zero-order valence-electron chi connectivity index (χ0n) is 12.3. The van der Waals surface area contributed by atoms with Crippen LogP contribution in [0.25, 0.3) is 11.7 Å². The number of furan rings is 1. The third-order valence-corrected chi connectivity index (χ3v) is 3.26. The number of hydrogen-bond acceptors (Lipinski definition) is 5. The van der Waals surface area contributed by atoms with Crippen LogP contribution in [0.5, 0.6) is 0 Å². The molecule has 0 unspecified atom stereocenters. The topological polar surface area (TPSA) is 96.9 Å². The molecule has 0 saturated carbocycles. The van der Waals surface area contributed by atoms with E-state index in [-0.39, 0.29) is 18.4 Å². The second-order valence-electron chi connectivity index (χ2n) is 4.94. The zero-order chi connectivity index (χ0) is 15.5. The van der Waals surface area contributed by atoms with E-state index in [1.807, 2.05) is 6.92 Å². The summed E-state index contributed by atoms with van der Waals surface area (Å²) in [7, 11) is 0. The van der Waals surface area contributed by atoms with E-state index in [1.54, 1.807) is 37.7 Å². The van der Waals surface area contributed by atoms with Crippen LogP contribution in [0, 0.1) is 6.92 Å². The summed E-state index contributed by atoms with van der Waals surface area (Å²) < 4.78 is 10.8. The van der Waals surface area contributed by atoms with Crippen molar-refractivity contribution in [3.63, 3.8) is 0 Å². The number of aromatic nitrogens is 3. The summed E-state index contributed by atoms with van der Waals surface area (Å²) in [6.45, 7) is 3.64. The van der Waals surface area contributed by atoms with Crippen LogP contribution in [0.2, 0.25) is 0 Å². The molecule has 7 heteroatoms. The van der Waals surface area contributed by atoms with E-state index in [1.165, 1.54) is 0 Å². The van der Waals surface area contributed by atoms with Crippen molar-refractivity contribution in [1.29, 1.82) is 0 Å². The molecule has 114 valence electrons. The smallest absolute Gasteiger partial charge is 0.263 e. The number of aryl methyl sites for hydroxylation is 1. The summed E-state index contributed by atoms with van der Waals surface area (Å²) >= 11 is 0. The second-order valence-corrected chi connectivity index (χ2v) is 4.94. The highest BCUT2D eigenvalue weighted by atomic mass is 16.4. The van der Waals surface area contributed by atoms with Crippen molar-refractivity contribution in [2.45, 2.75) is 26.3 Å². The van der Waals surface area contributed by atoms with E-state index in [0.717, 1.165) is 0 Å². The molecular formula is C15H16N4O3. The first-order valence-corrected chi connectivity index (χ1v) is 6.92. The van der Waals surface area contributed by atoms with Gasteiger partial charge in [-0.1, -0.05) is 0 Å². The van der Waals surface area contributed by atoms with E-state index in [0.29, 0.717) is 28.9 Å². The Hall–Kier alpha value is -2.83. The first-order valence-electron chi connectivity index (χ1n) is 6.92. The molecule has 0 fully saturated rings. The Morgan fingerprint density at radius 3 is 3.05 bits per heavy atom. The Morgan fingerprint density at radius 1 is 1.50 bits per heavy atom. The zero-order valence-corrected chi connectivity index (χ0v) is 12.3. The number of hydrogen-bond donors (Lipinski definition) is 2. The number of carbonyl (C=O) groups is 1. The van der Waals surface area contributed by atoms with E-state index >= 15 is 0 Å². The molecule has 22 heavy (non-hydrogen) atoms. The van der Waals surface area contributed by atoms with Crippen LogP contribution in [0.4, 0.5) is 0 Å². The van der Waals surface area contributed by atoms with Gasteiger partial charge < -0.3 is 19.1 Å². The van der Waals surface area contributed by atoms with Crippen molar-refractivity contribution >= 4 is 5.91 Å². The summed E-state index contributed by atoms with van der Waals surface area (Å²) in [6, 6.07) is 3.32. The molecule has 0 radical (unpaired) electrons. The fourth-order valence-corrected chi connectivity index (χ4v) is 2.12. The van der Waals surface area contributed by atoms with Crippen LogP contribution >= 0.6 is 0 Å². The summed E-state index contributed by atoms with van der Waals surface area (Å²) in [5, 5.41) is 2.86. The van der Waals surface area contributed by atoms with Gasteiger partial charge in [-0.3, -0.25) is 4.79 Å². The number of nitrogens with one attached hydrogen (secondary N) is 2. The third kappa shape index (κ3) is 2.93. The van der Waals surface area contributed by atoms with Gasteiger partial charge in [0, 0.05) is 12.4 Å². The van der Waals surface area contributed by atoms with Gasteiger partial charge in [0.15, 0.2) is 5.76 Å². The molecule has 2 N–H and O–H groups in total. The summed E-state index contributed by atoms with van der Waals surface area (Å²) in [5.41, 5.74) is 0.593. The molecule has 7 nitrogen and oxygen atoms in total. The fraction of sp³-hybridized carbons (Fsp3) is 0.267.